The van der Waals surface area contributed by atoms with Crippen molar-refractivity contribution >= 4 is 48.0 Å². The lowest BCUT2D eigenvalue weighted by Gasteiger charge is -2.33. The van der Waals surface area contributed by atoms with E-state index in [9.17, 15) is 8.42 Å². The average Bonchev–Trinajstić information content (AvgIpc) is 3.33. The van der Waals surface area contributed by atoms with Gasteiger partial charge >= 0.3 is 0 Å². The van der Waals surface area contributed by atoms with Crippen LogP contribution in [0.5, 0.6) is 5.75 Å². The molecule has 0 spiro atoms. The molecule has 3 aromatic rings. The Bertz CT molecular complexity index is 1020. The van der Waals surface area contributed by atoms with E-state index < -0.39 is 10.0 Å². The number of rotatable bonds is 4. The van der Waals surface area contributed by atoms with Crippen LogP contribution in [-0.4, -0.2) is 51.0 Å². The first kappa shape index (κ1) is 17.7. The largest absolute Gasteiger partial charge is 0.494 e. The fraction of sp³-hybridized carbons (Fsp3) is 0.353. The smallest absolute Gasteiger partial charge is 0.252 e. The summed E-state index contributed by atoms with van der Waals surface area (Å²) in [6.45, 7) is 4.26. The van der Waals surface area contributed by atoms with Crippen molar-refractivity contribution < 1.29 is 13.2 Å². The first-order valence-electron chi connectivity index (χ1n) is 8.23. The number of benzene rings is 1. The molecule has 138 valence electrons. The number of methoxy groups -OCH3 is 1. The Morgan fingerprint density at radius 1 is 1.15 bits per heavy atom. The summed E-state index contributed by atoms with van der Waals surface area (Å²) >= 11 is 2.90. The Hall–Kier alpha value is -1.68. The number of aromatic nitrogens is 1. The van der Waals surface area contributed by atoms with Gasteiger partial charge < -0.3 is 9.64 Å². The maximum atomic E-state index is 12.6. The SMILES string of the molecule is COc1ccc(C)c2sc(N3CCN(S(=O)(=O)c4cccs4)CC3)nc12. The van der Waals surface area contributed by atoms with Gasteiger partial charge in [-0.05, 0) is 30.0 Å². The Labute approximate surface area is 160 Å². The van der Waals surface area contributed by atoms with Crippen LogP contribution in [-0.2, 0) is 10.0 Å². The summed E-state index contributed by atoms with van der Waals surface area (Å²) in [4.78, 5) is 6.92. The Morgan fingerprint density at radius 2 is 1.92 bits per heavy atom. The first-order chi connectivity index (χ1) is 12.5. The van der Waals surface area contributed by atoms with Gasteiger partial charge in [0.05, 0.1) is 11.8 Å². The highest BCUT2D eigenvalue weighted by Crippen LogP contribution is 2.36. The van der Waals surface area contributed by atoms with Crippen LogP contribution >= 0.6 is 22.7 Å². The molecule has 0 radical (unpaired) electrons. The Morgan fingerprint density at radius 3 is 2.58 bits per heavy atom. The predicted octanol–water partition coefficient (Wildman–Crippen LogP) is 3.19. The molecule has 0 saturated carbocycles. The number of aryl methyl sites for hydroxylation is 1. The maximum absolute atomic E-state index is 12.6. The first-order valence-corrected chi connectivity index (χ1v) is 11.4. The highest BCUT2D eigenvalue weighted by Gasteiger charge is 2.30. The summed E-state index contributed by atoms with van der Waals surface area (Å²) in [5.41, 5.74) is 2.05. The van der Waals surface area contributed by atoms with Crippen molar-refractivity contribution in [1.29, 1.82) is 0 Å². The van der Waals surface area contributed by atoms with Crippen LogP contribution in [0, 0.1) is 6.92 Å². The molecule has 1 fully saturated rings. The van der Waals surface area contributed by atoms with Gasteiger partial charge in [0.2, 0.25) is 0 Å². The highest BCUT2D eigenvalue weighted by molar-refractivity contribution is 7.91. The Balaban J connectivity index is 1.55. The van der Waals surface area contributed by atoms with Gasteiger partial charge in [0, 0.05) is 26.2 Å². The minimum Gasteiger partial charge on any atom is -0.494 e. The van der Waals surface area contributed by atoms with Crippen molar-refractivity contribution in [2.24, 2.45) is 0 Å². The van der Waals surface area contributed by atoms with Gasteiger partial charge in [0.25, 0.3) is 10.0 Å². The number of hydrogen-bond donors (Lipinski definition) is 0. The van der Waals surface area contributed by atoms with Crippen LogP contribution in [0.4, 0.5) is 5.13 Å². The molecule has 0 N–H and O–H groups in total. The molecular weight excluding hydrogens is 390 g/mol. The van der Waals surface area contributed by atoms with Crippen LogP contribution in [0.3, 0.4) is 0 Å². The fourth-order valence-corrected chi connectivity index (χ4v) is 6.73. The lowest BCUT2D eigenvalue weighted by atomic mass is 10.2. The number of fused-ring (bicyclic) bond motifs is 1. The lowest BCUT2D eigenvalue weighted by molar-refractivity contribution is 0.385. The number of sulfonamides is 1. The van der Waals surface area contributed by atoms with E-state index in [0.29, 0.717) is 30.4 Å². The number of hydrogen-bond acceptors (Lipinski definition) is 7. The molecule has 0 amide bonds. The predicted molar refractivity (Wildman–Crippen MR) is 106 cm³/mol. The zero-order chi connectivity index (χ0) is 18.3. The van der Waals surface area contributed by atoms with Crippen molar-refractivity contribution in [2.75, 3.05) is 38.2 Å². The van der Waals surface area contributed by atoms with Crippen molar-refractivity contribution in [3.63, 3.8) is 0 Å². The van der Waals surface area contributed by atoms with Gasteiger partial charge in [-0.15, -0.1) is 11.3 Å². The molecule has 2 aromatic heterocycles. The van der Waals surface area contributed by atoms with E-state index in [1.807, 2.05) is 12.1 Å². The second-order valence-corrected chi connectivity index (χ2v) is 10.2. The van der Waals surface area contributed by atoms with Gasteiger partial charge in [-0.1, -0.05) is 23.5 Å². The summed E-state index contributed by atoms with van der Waals surface area (Å²) in [5.74, 6) is 0.770. The quantitative estimate of drug-likeness (QED) is 0.662. The molecular formula is C17H19N3O3S3. The number of anilines is 1. The minimum absolute atomic E-state index is 0.409. The molecule has 1 aliphatic rings. The minimum atomic E-state index is -3.38. The molecule has 1 saturated heterocycles. The second kappa shape index (κ2) is 6.80. The number of piperazine rings is 1. The van der Waals surface area contributed by atoms with E-state index >= 15 is 0 Å². The van der Waals surface area contributed by atoms with Crippen LogP contribution < -0.4 is 9.64 Å². The van der Waals surface area contributed by atoms with E-state index in [0.717, 1.165) is 21.1 Å². The molecule has 0 unspecified atom stereocenters. The van der Waals surface area contributed by atoms with Crippen LogP contribution in [0.15, 0.2) is 33.9 Å². The standard InChI is InChI=1S/C17H19N3O3S3/c1-12-5-6-13(23-2)15-16(12)25-17(18-15)19-7-9-20(10-8-19)26(21,22)14-4-3-11-24-14/h3-6,11H,7-10H2,1-2H3. The number of thiophene rings is 1. The number of nitrogens with zero attached hydrogens (tertiary/aromatic N) is 3. The third-order valence-corrected chi connectivity index (χ3v) is 9.03. The summed E-state index contributed by atoms with van der Waals surface area (Å²) in [5, 5.41) is 2.71. The lowest BCUT2D eigenvalue weighted by Crippen LogP contribution is -2.48. The molecule has 9 heteroatoms. The molecule has 1 aromatic carbocycles. The van der Waals surface area contributed by atoms with E-state index in [4.69, 9.17) is 9.72 Å². The molecule has 4 rings (SSSR count). The average molecular weight is 410 g/mol. The summed E-state index contributed by atoms with van der Waals surface area (Å²) in [7, 11) is -1.73. The van der Waals surface area contributed by atoms with Gasteiger partial charge in [0.1, 0.15) is 15.5 Å². The number of thiazole rings is 1. The van der Waals surface area contributed by atoms with Gasteiger partial charge in [-0.25, -0.2) is 13.4 Å². The molecule has 26 heavy (non-hydrogen) atoms. The van der Waals surface area contributed by atoms with E-state index in [2.05, 4.69) is 11.8 Å². The van der Waals surface area contributed by atoms with Crippen LogP contribution in [0.25, 0.3) is 10.2 Å². The molecule has 6 nitrogen and oxygen atoms in total. The molecule has 0 bridgehead atoms. The van der Waals surface area contributed by atoms with Crippen molar-refractivity contribution in [3.8, 4) is 5.75 Å². The Kier molecular flexibility index (Phi) is 4.64. The highest BCUT2D eigenvalue weighted by atomic mass is 32.2. The van der Waals surface area contributed by atoms with Crippen LogP contribution in [0.1, 0.15) is 5.56 Å². The summed E-state index contributed by atoms with van der Waals surface area (Å²) in [6, 6.07) is 7.40. The van der Waals surface area contributed by atoms with Crippen LogP contribution in [0.2, 0.25) is 0 Å². The van der Waals surface area contributed by atoms with Gasteiger partial charge in [0.15, 0.2) is 5.13 Å². The van der Waals surface area contributed by atoms with Crippen molar-refractivity contribution in [2.45, 2.75) is 11.1 Å². The van der Waals surface area contributed by atoms with Gasteiger partial charge in [-0.3, -0.25) is 0 Å². The van der Waals surface area contributed by atoms with Gasteiger partial charge in [-0.2, -0.15) is 4.31 Å². The summed E-state index contributed by atoms with van der Waals surface area (Å²) in [6.07, 6.45) is 0. The third kappa shape index (κ3) is 2.98. The van der Waals surface area contributed by atoms with Crippen molar-refractivity contribution in [1.82, 2.24) is 9.29 Å². The normalized spacial score (nSPS) is 16.3. The van der Waals surface area contributed by atoms with E-state index in [1.54, 1.807) is 40.3 Å². The maximum Gasteiger partial charge on any atom is 0.252 e. The monoisotopic (exact) mass is 409 g/mol. The topological polar surface area (TPSA) is 62.7 Å². The molecule has 0 atom stereocenters. The molecule has 3 heterocycles. The van der Waals surface area contributed by atoms with E-state index in [1.165, 1.54) is 16.9 Å². The number of ether oxygens (including phenoxy) is 1. The molecule has 1 aliphatic heterocycles. The summed E-state index contributed by atoms with van der Waals surface area (Å²) < 4.78 is 33.8. The fourth-order valence-electron chi connectivity index (χ4n) is 3.06. The third-order valence-electron chi connectivity index (χ3n) is 4.51. The molecule has 0 aliphatic carbocycles. The second-order valence-electron chi connectivity index (χ2n) is 6.08. The van der Waals surface area contributed by atoms with Crippen molar-refractivity contribution in [3.05, 3.63) is 35.2 Å². The zero-order valence-electron chi connectivity index (χ0n) is 14.5. The zero-order valence-corrected chi connectivity index (χ0v) is 17.0. The van der Waals surface area contributed by atoms with E-state index in [-0.39, 0.29) is 0 Å².